The van der Waals surface area contributed by atoms with Crippen molar-refractivity contribution in [1.82, 2.24) is 9.97 Å². The highest BCUT2D eigenvalue weighted by molar-refractivity contribution is 5.74. The molecule has 0 spiro atoms. The molecule has 74 valence electrons. The van der Waals surface area contributed by atoms with Gasteiger partial charge in [-0.15, -0.1) is 0 Å². The van der Waals surface area contributed by atoms with Crippen molar-refractivity contribution in [3.05, 3.63) is 30.1 Å². The van der Waals surface area contributed by atoms with Crippen molar-refractivity contribution < 1.29 is 4.74 Å². The topological polar surface area (TPSA) is 37.9 Å². The fourth-order valence-electron chi connectivity index (χ4n) is 1.51. The number of para-hydroxylation sites is 2. The lowest BCUT2D eigenvalue weighted by Crippen LogP contribution is -1.93. The average molecular weight is 190 g/mol. The molecule has 0 aliphatic heterocycles. The molecule has 0 saturated carbocycles. The molecule has 0 radical (unpaired) electrons. The number of methoxy groups -OCH3 is 1. The predicted octanol–water partition coefficient (Wildman–Crippen LogP) is 2.14. The maximum absolute atomic E-state index is 5.00. The van der Waals surface area contributed by atoms with Crippen LogP contribution in [0, 0.1) is 0 Å². The van der Waals surface area contributed by atoms with Gasteiger partial charge in [-0.3, -0.25) is 0 Å². The second-order valence-electron chi connectivity index (χ2n) is 3.30. The molecule has 14 heavy (non-hydrogen) atoms. The lowest BCUT2D eigenvalue weighted by Gasteiger charge is -1.95. The number of rotatable bonds is 4. The van der Waals surface area contributed by atoms with E-state index in [4.69, 9.17) is 4.74 Å². The first-order valence-electron chi connectivity index (χ1n) is 4.83. The van der Waals surface area contributed by atoms with Crippen LogP contribution in [-0.4, -0.2) is 23.7 Å². The van der Waals surface area contributed by atoms with Gasteiger partial charge in [-0.05, 0) is 18.6 Å². The van der Waals surface area contributed by atoms with Gasteiger partial charge in [-0.25, -0.2) is 4.98 Å². The van der Waals surface area contributed by atoms with Crippen molar-refractivity contribution in [2.45, 2.75) is 12.8 Å². The van der Waals surface area contributed by atoms with Gasteiger partial charge in [-0.1, -0.05) is 12.1 Å². The SMILES string of the molecule is COCCCc1nc2ccccc2[nH]1. The fraction of sp³-hybridized carbons (Fsp3) is 0.364. The van der Waals surface area contributed by atoms with E-state index in [1.165, 1.54) is 0 Å². The van der Waals surface area contributed by atoms with Crippen LogP contribution in [0.2, 0.25) is 0 Å². The highest BCUT2D eigenvalue weighted by Crippen LogP contribution is 2.11. The van der Waals surface area contributed by atoms with E-state index in [9.17, 15) is 0 Å². The van der Waals surface area contributed by atoms with E-state index in [0.717, 1.165) is 36.3 Å². The second-order valence-corrected chi connectivity index (χ2v) is 3.30. The van der Waals surface area contributed by atoms with Crippen molar-refractivity contribution >= 4 is 11.0 Å². The number of ether oxygens (including phenoxy) is 1. The molecule has 0 atom stereocenters. The molecule has 0 fully saturated rings. The minimum absolute atomic E-state index is 0.789. The molecule has 1 aromatic heterocycles. The molecule has 3 heteroatoms. The van der Waals surface area contributed by atoms with Crippen LogP contribution in [0.15, 0.2) is 24.3 Å². The van der Waals surface area contributed by atoms with Crippen LogP contribution in [-0.2, 0) is 11.2 Å². The molecule has 0 aliphatic carbocycles. The summed E-state index contributed by atoms with van der Waals surface area (Å²) in [5.41, 5.74) is 2.15. The van der Waals surface area contributed by atoms with Gasteiger partial charge in [-0.2, -0.15) is 0 Å². The van der Waals surface area contributed by atoms with Gasteiger partial charge in [0.05, 0.1) is 11.0 Å². The normalized spacial score (nSPS) is 10.9. The van der Waals surface area contributed by atoms with Crippen molar-refractivity contribution in [3.8, 4) is 0 Å². The van der Waals surface area contributed by atoms with Gasteiger partial charge in [0.25, 0.3) is 0 Å². The number of H-pyrrole nitrogens is 1. The summed E-state index contributed by atoms with van der Waals surface area (Å²) in [7, 11) is 1.72. The molecule has 0 bridgehead atoms. The van der Waals surface area contributed by atoms with Crippen LogP contribution in [0.5, 0.6) is 0 Å². The molecule has 1 N–H and O–H groups in total. The maximum atomic E-state index is 5.00. The molecule has 2 rings (SSSR count). The molecule has 1 aromatic carbocycles. The van der Waals surface area contributed by atoms with E-state index < -0.39 is 0 Å². The number of imidazole rings is 1. The van der Waals surface area contributed by atoms with E-state index in [1.807, 2.05) is 24.3 Å². The summed E-state index contributed by atoms with van der Waals surface area (Å²) in [5, 5.41) is 0. The Morgan fingerprint density at radius 3 is 3.00 bits per heavy atom. The summed E-state index contributed by atoms with van der Waals surface area (Å²) in [6, 6.07) is 8.08. The number of hydrogen-bond donors (Lipinski definition) is 1. The zero-order chi connectivity index (χ0) is 9.80. The van der Waals surface area contributed by atoms with Crippen LogP contribution in [0.1, 0.15) is 12.2 Å². The zero-order valence-electron chi connectivity index (χ0n) is 8.29. The molecule has 1 heterocycles. The van der Waals surface area contributed by atoms with Crippen molar-refractivity contribution in [2.75, 3.05) is 13.7 Å². The summed E-state index contributed by atoms with van der Waals surface area (Å²) in [5.74, 6) is 1.04. The molecule has 2 aromatic rings. The highest BCUT2D eigenvalue weighted by Gasteiger charge is 2.00. The number of benzene rings is 1. The third kappa shape index (κ3) is 1.93. The Labute approximate surface area is 83.1 Å². The Hall–Kier alpha value is -1.35. The number of aromatic amines is 1. The van der Waals surface area contributed by atoms with Crippen LogP contribution in [0.3, 0.4) is 0 Å². The number of nitrogens with zero attached hydrogens (tertiary/aromatic N) is 1. The van der Waals surface area contributed by atoms with Gasteiger partial charge >= 0.3 is 0 Å². The minimum atomic E-state index is 0.789. The Balaban J connectivity index is 2.11. The molecular formula is C11H14N2O. The van der Waals surface area contributed by atoms with Gasteiger partial charge in [0, 0.05) is 20.1 Å². The first-order valence-corrected chi connectivity index (χ1v) is 4.83. The molecule has 0 aliphatic rings. The third-order valence-corrected chi connectivity index (χ3v) is 2.20. The number of nitrogens with one attached hydrogen (secondary N) is 1. The fourth-order valence-corrected chi connectivity index (χ4v) is 1.51. The summed E-state index contributed by atoms with van der Waals surface area (Å²) in [4.78, 5) is 7.76. The molecule has 0 saturated heterocycles. The summed E-state index contributed by atoms with van der Waals surface area (Å²) in [6.07, 6.45) is 1.96. The van der Waals surface area contributed by atoms with Gasteiger partial charge in [0.15, 0.2) is 0 Å². The van der Waals surface area contributed by atoms with E-state index >= 15 is 0 Å². The smallest absolute Gasteiger partial charge is 0.107 e. The highest BCUT2D eigenvalue weighted by atomic mass is 16.5. The summed E-state index contributed by atoms with van der Waals surface area (Å²) in [6.45, 7) is 0.789. The quantitative estimate of drug-likeness (QED) is 0.750. The van der Waals surface area contributed by atoms with Crippen molar-refractivity contribution in [1.29, 1.82) is 0 Å². The molecular weight excluding hydrogens is 176 g/mol. The zero-order valence-corrected chi connectivity index (χ0v) is 8.29. The van der Waals surface area contributed by atoms with E-state index in [2.05, 4.69) is 9.97 Å². The standard InChI is InChI=1S/C11H14N2O/c1-14-8-4-7-11-12-9-5-2-3-6-10(9)13-11/h2-3,5-6H,4,7-8H2,1H3,(H,12,13). The van der Waals surface area contributed by atoms with Crippen LogP contribution in [0.4, 0.5) is 0 Å². The van der Waals surface area contributed by atoms with Crippen LogP contribution >= 0.6 is 0 Å². The first kappa shape index (κ1) is 9.21. The van der Waals surface area contributed by atoms with Crippen molar-refractivity contribution in [3.63, 3.8) is 0 Å². The maximum Gasteiger partial charge on any atom is 0.107 e. The molecule has 0 unspecified atom stereocenters. The Kier molecular flexibility index (Phi) is 2.79. The Morgan fingerprint density at radius 2 is 2.21 bits per heavy atom. The lowest BCUT2D eigenvalue weighted by atomic mass is 10.3. The Bertz CT molecular complexity index is 375. The minimum Gasteiger partial charge on any atom is -0.385 e. The van der Waals surface area contributed by atoms with E-state index in [1.54, 1.807) is 7.11 Å². The molecule has 0 amide bonds. The van der Waals surface area contributed by atoms with Crippen LogP contribution in [0.25, 0.3) is 11.0 Å². The van der Waals surface area contributed by atoms with Gasteiger partial charge < -0.3 is 9.72 Å². The largest absolute Gasteiger partial charge is 0.385 e. The average Bonchev–Trinajstić information content (AvgIpc) is 2.60. The number of fused-ring (bicyclic) bond motifs is 1. The number of aromatic nitrogens is 2. The second kappa shape index (κ2) is 4.24. The lowest BCUT2D eigenvalue weighted by molar-refractivity contribution is 0.194. The first-order chi connectivity index (χ1) is 6.90. The number of hydrogen-bond acceptors (Lipinski definition) is 2. The monoisotopic (exact) mass is 190 g/mol. The van der Waals surface area contributed by atoms with E-state index in [0.29, 0.717) is 0 Å². The number of aryl methyl sites for hydroxylation is 1. The van der Waals surface area contributed by atoms with Gasteiger partial charge in [0.2, 0.25) is 0 Å². The van der Waals surface area contributed by atoms with Crippen LogP contribution < -0.4 is 0 Å². The Morgan fingerprint density at radius 1 is 1.36 bits per heavy atom. The summed E-state index contributed by atoms with van der Waals surface area (Å²) < 4.78 is 5.00. The summed E-state index contributed by atoms with van der Waals surface area (Å²) >= 11 is 0. The van der Waals surface area contributed by atoms with E-state index in [-0.39, 0.29) is 0 Å². The predicted molar refractivity (Wildman–Crippen MR) is 56.3 cm³/mol. The van der Waals surface area contributed by atoms with Gasteiger partial charge in [0.1, 0.15) is 5.82 Å². The van der Waals surface area contributed by atoms with Crippen molar-refractivity contribution in [2.24, 2.45) is 0 Å². The third-order valence-electron chi connectivity index (χ3n) is 2.20. The molecule has 3 nitrogen and oxygen atoms in total.